The van der Waals surface area contributed by atoms with Gasteiger partial charge in [-0.1, -0.05) is 20.3 Å². The van der Waals surface area contributed by atoms with Crippen molar-refractivity contribution in [1.82, 2.24) is 0 Å². The summed E-state index contributed by atoms with van der Waals surface area (Å²) in [5.41, 5.74) is 0. The molecule has 2 atom stereocenters. The van der Waals surface area contributed by atoms with E-state index >= 15 is 0 Å². The Kier molecular flexibility index (Phi) is 7.83. The molecule has 0 heterocycles. The molecular formula is C12H22O. The molecule has 0 aromatic carbocycles. The van der Waals surface area contributed by atoms with Crippen molar-refractivity contribution >= 4 is 0 Å². The summed E-state index contributed by atoms with van der Waals surface area (Å²) in [7, 11) is 0. The van der Waals surface area contributed by atoms with Gasteiger partial charge in [-0.25, -0.2) is 0 Å². The number of hydrogen-bond acceptors (Lipinski definition) is 1. The summed E-state index contributed by atoms with van der Waals surface area (Å²) in [6.45, 7) is 8.35. The summed E-state index contributed by atoms with van der Waals surface area (Å²) in [4.78, 5) is 0. The van der Waals surface area contributed by atoms with Crippen molar-refractivity contribution in [3.05, 3.63) is 0 Å². The van der Waals surface area contributed by atoms with E-state index in [1.165, 1.54) is 6.42 Å². The Labute approximate surface area is 82.9 Å². The molecule has 1 nitrogen and oxygen atoms in total. The molecule has 0 aromatic heterocycles. The first-order chi connectivity index (χ1) is 6.24. The summed E-state index contributed by atoms with van der Waals surface area (Å²) in [5.74, 6) is 6.01. The molecule has 0 aliphatic rings. The average Bonchev–Trinajstić information content (AvgIpc) is 2.14. The number of rotatable bonds is 6. The highest BCUT2D eigenvalue weighted by atomic mass is 16.5. The van der Waals surface area contributed by atoms with Crippen LogP contribution >= 0.6 is 0 Å². The topological polar surface area (TPSA) is 9.23 Å². The molecular weight excluding hydrogens is 160 g/mol. The molecule has 0 N–H and O–H groups in total. The fraction of sp³-hybridized carbons (Fsp3) is 0.833. The SMILES string of the molecule is CC#CCC(CCC)OC(C)CC. The van der Waals surface area contributed by atoms with Crippen molar-refractivity contribution in [2.24, 2.45) is 0 Å². The maximum absolute atomic E-state index is 5.84. The van der Waals surface area contributed by atoms with Gasteiger partial charge in [0.05, 0.1) is 12.2 Å². The highest BCUT2D eigenvalue weighted by molar-refractivity contribution is 4.96. The van der Waals surface area contributed by atoms with Crippen molar-refractivity contribution < 1.29 is 4.74 Å². The molecule has 0 radical (unpaired) electrons. The molecule has 2 unspecified atom stereocenters. The molecule has 1 heteroatoms. The van der Waals surface area contributed by atoms with Gasteiger partial charge in [-0.15, -0.1) is 11.8 Å². The first-order valence-corrected chi connectivity index (χ1v) is 5.29. The third-order valence-corrected chi connectivity index (χ3v) is 2.12. The van der Waals surface area contributed by atoms with Crippen molar-refractivity contribution in [2.45, 2.75) is 65.6 Å². The zero-order chi connectivity index (χ0) is 10.1. The van der Waals surface area contributed by atoms with E-state index in [0.29, 0.717) is 12.2 Å². The Morgan fingerprint density at radius 3 is 2.46 bits per heavy atom. The minimum Gasteiger partial charge on any atom is -0.374 e. The van der Waals surface area contributed by atoms with Crippen LogP contribution in [0.4, 0.5) is 0 Å². The zero-order valence-electron chi connectivity index (χ0n) is 9.39. The van der Waals surface area contributed by atoms with Gasteiger partial charge in [-0.3, -0.25) is 0 Å². The maximum atomic E-state index is 5.84. The van der Waals surface area contributed by atoms with Crippen molar-refractivity contribution in [2.75, 3.05) is 0 Å². The van der Waals surface area contributed by atoms with E-state index in [9.17, 15) is 0 Å². The molecule has 0 aromatic rings. The van der Waals surface area contributed by atoms with E-state index < -0.39 is 0 Å². The molecule has 0 fully saturated rings. The predicted molar refractivity (Wildman–Crippen MR) is 57.6 cm³/mol. The highest BCUT2D eigenvalue weighted by Gasteiger charge is 2.09. The third-order valence-electron chi connectivity index (χ3n) is 2.12. The van der Waals surface area contributed by atoms with Crippen LogP contribution in [-0.2, 0) is 4.74 Å². The van der Waals surface area contributed by atoms with Crippen LogP contribution < -0.4 is 0 Å². The molecule has 13 heavy (non-hydrogen) atoms. The van der Waals surface area contributed by atoms with Crippen LogP contribution in [0.5, 0.6) is 0 Å². The fourth-order valence-corrected chi connectivity index (χ4v) is 1.18. The molecule has 0 spiro atoms. The third kappa shape index (κ3) is 6.66. The summed E-state index contributed by atoms with van der Waals surface area (Å²) in [6.07, 6.45) is 4.97. The number of hydrogen-bond donors (Lipinski definition) is 0. The summed E-state index contributed by atoms with van der Waals surface area (Å²) in [6, 6.07) is 0. The predicted octanol–water partition coefficient (Wildman–Crippen LogP) is 3.38. The quantitative estimate of drug-likeness (QED) is 0.572. The largest absolute Gasteiger partial charge is 0.374 e. The van der Waals surface area contributed by atoms with Crippen LogP contribution in [0.2, 0.25) is 0 Å². The second-order valence-corrected chi connectivity index (χ2v) is 3.40. The Hall–Kier alpha value is -0.480. The van der Waals surface area contributed by atoms with Gasteiger partial charge in [-0.05, 0) is 26.7 Å². The Bertz CT molecular complexity index is 164. The van der Waals surface area contributed by atoms with E-state index in [2.05, 4.69) is 32.6 Å². The average molecular weight is 182 g/mol. The Balaban J connectivity index is 3.83. The van der Waals surface area contributed by atoms with E-state index in [1.807, 2.05) is 6.92 Å². The standard InChI is InChI=1S/C12H22O/c1-5-8-10-12(9-6-2)13-11(4)7-3/h11-12H,6-7,9-10H2,1-4H3. The molecule has 76 valence electrons. The lowest BCUT2D eigenvalue weighted by atomic mass is 10.1. The van der Waals surface area contributed by atoms with E-state index in [4.69, 9.17) is 4.74 Å². The van der Waals surface area contributed by atoms with Crippen LogP contribution in [0, 0.1) is 11.8 Å². The summed E-state index contributed by atoms with van der Waals surface area (Å²) in [5, 5.41) is 0. The van der Waals surface area contributed by atoms with Crippen LogP contribution in [0.1, 0.15) is 53.4 Å². The van der Waals surface area contributed by atoms with Crippen molar-refractivity contribution in [3.63, 3.8) is 0 Å². The zero-order valence-corrected chi connectivity index (χ0v) is 9.39. The molecule has 0 saturated heterocycles. The van der Waals surface area contributed by atoms with Gasteiger partial charge in [0, 0.05) is 6.42 Å². The first-order valence-electron chi connectivity index (χ1n) is 5.29. The molecule has 0 bridgehead atoms. The fourth-order valence-electron chi connectivity index (χ4n) is 1.18. The summed E-state index contributed by atoms with van der Waals surface area (Å²) >= 11 is 0. The van der Waals surface area contributed by atoms with Crippen molar-refractivity contribution in [1.29, 1.82) is 0 Å². The van der Waals surface area contributed by atoms with Gasteiger partial charge >= 0.3 is 0 Å². The second kappa shape index (κ2) is 8.13. The molecule has 0 saturated carbocycles. The Morgan fingerprint density at radius 1 is 1.31 bits per heavy atom. The van der Waals surface area contributed by atoms with Gasteiger partial charge in [0.1, 0.15) is 0 Å². The Morgan fingerprint density at radius 2 is 2.00 bits per heavy atom. The van der Waals surface area contributed by atoms with E-state index in [-0.39, 0.29) is 0 Å². The lowest BCUT2D eigenvalue weighted by Gasteiger charge is -2.19. The van der Waals surface area contributed by atoms with E-state index in [1.54, 1.807) is 0 Å². The molecule has 0 rings (SSSR count). The van der Waals surface area contributed by atoms with Gasteiger partial charge in [0.15, 0.2) is 0 Å². The molecule has 0 aliphatic carbocycles. The molecule has 0 amide bonds. The van der Waals surface area contributed by atoms with Crippen LogP contribution in [0.25, 0.3) is 0 Å². The van der Waals surface area contributed by atoms with Crippen molar-refractivity contribution in [3.8, 4) is 11.8 Å². The smallest absolute Gasteiger partial charge is 0.0687 e. The van der Waals surface area contributed by atoms with E-state index in [0.717, 1.165) is 19.3 Å². The lowest BCUT2D eigenvalue weighted by Crippen LogP contribution is -2.18. The minimum atomic E-state index is 0.340. The monoisotopic (exact) mass is 182 g/mol. The van der Waals surface area contributed by atoms with Crippen LogP contribution in [0.15, 0.2) is 0 Å². The minimum absolute atomic E-state index is 0.340. The second-order valence-electron chi connectivity index (χ2n) is 3.40. The summed E-state index contributed by atoms with van der Waals surface area (Å²) < 4.78 is 5.84. The maximum Gasteiger partial charge on any atom is 0.0687 e. The van der Waals surface area contributed by atoms with Gasteiger partial charge in [-0.2, -0.15) is 0 Å². The van der Waals surface area contributed by atoms with Crippen LogP contribution in [0.3, 0.4) is 0 Å². The van der Waals surface area contributed by atoms with Gasteiger partial charge < -0.3 is 4.74 Å². The van der Waals surface area contributed by atoms with Gasteiger partial charge in [0.2, 0.25) is 0 Å². The highest BCUT2D eigenvalue weighted by Crippen LogP contribution is 2.10. The number of ether oxygens (including phenoxy) is 1. The van der Waals surface area contributed by atoms with Crippen LogP contribution in [-0.4, -0.2) is 12.2 Å². The first kappa shape index (κ1) is 12.5. The van der Waals surface area contributed by atoms with Gasteiger partial charge in [0.25, 0.3) is 0 Å². The normalized spacial score (nSPS) is 14.5. The molecule has 0 aliphatic heterocycles. The lowest BCUT2D eigenvalue weighted by molar-refractivity contribution is -0.00534.